The van der Waals surface area contributed by atoms with Crippen molar-refractivity contribution in [1.82, 2.24) is 5.32 Å². The Balaban J connectivity index is 2.11. The first kappa shape index (κ1) is 14.3. The highest BCUT2D eigenvalue weighted by atomic mass is 19.1. The van der Waals surface area contributed by atoms with Crippen molar-refractivity contribution in [1.29, 1.82) is 0 Å². The normalized spacial score (nSPS) is 16.7. The predicted molar refractivity (Wildman–Crippen MR) is 79.1 cm³/mol. The Hall–Kier alpha value is -1.09. The van der Waals surface area contributed by atoms with Crippen LogP contribution in [0.4, 0.5) is 10.1 Å². The van der Waals surface area contributed by atoms with E-state index in [1.165, 1.54) is 25.7 Å². The number of rotatable bonds is 4. The van der Waals surface area contributed by atoms with Crippen molar-refractivity contribution in [2.75, 3.05) is 18.0 Å². The van der Waals surface area contributed by atoms with Crippen molar-refractivity contribution >= 4 is 5.69 Å². The molecule has 0 spiro atoms. The van der Waals surface area contributed by atoms with E-state index in [2.05, 4.69) is 24.1 Å². The van der Waals surface area contributed by atoms with E-state index in [0.29, 0.717) is 6.04 Å². The molecule has 1 heterocycles. The van der Waals surface area contributed by atoms with Crippen molar-refractivity contribution < 1.29 is 4.39 Å². The maximum absolute atomic E-state index is 14.0. The van der Waals surface area contributed by atoms with Gasteiger partial charge in [0.1, 0.15) is 5.82 Å². The lowest BCUT2D eigenvalue weighted by Gasteiger charge is -2.24. The molecule has 1 aromatic rings. The maximum Gasteiger partial charge on any atom is 0.146 e. The third kappa shape index (κ3) is 4.20. The third-order valence-corrected chi connectivity index (χ3v) is 3.67. The van der Waals surface area contributed by atoms with Crippen LogP contribution in [-0.4, -0.2) is 19.1 Å². The molecule has 1 fully saturated rings. The van der Waals surface area contributed by atoms with E-state index in [0.717, 1.165) is 30.9 Å². The Morgan fingerprint density at radius 1 is 1.16 bits per heavy atom. The van der Waals surface area contributed by atoms with Gasteiger partial charge in [-0.2, -0.15) is 0 Å². The summed E-state index contributed by atoms with van der Waals surface area (Å²) in [5, 5.41) is 3.38. The van der Waals surface area contributed by atoms with E-state index in [4.69, 9.17) is 0 Å². The molecule has 1 saturated heterocycles. The van der Waals surface area contributed by atoms with Gasteiger partial charge in [0, 0.05) is 25.7 Å². The van der Waals surface area contributed by atoms with Gasteiger partial charge in [-0.3, -0.25) is 0 Å². The fourth-order valence-corrected chi connectivity index (χ4v) is 2.54. The molecule has 0 aromatic heterocycles. The fraction of sp³-hybridized carbons (Fsp3) is 0.625. The van der Waals surface area contributed by atoms with Crippen LogP contribution in [0.1, 0.15) is 45.1 Å². The summed E-state index contributed by atoms with van der Waals surface area (Å²) in [6.45, 7) is 7.02. The van der Waals surface area contributed by atoms with Crippen LogP contribution in [-0.2, 0) is 6.54 Å². The van der Waals surface area contributed by atoms with Gasteiger partial charge >= 0.3 is 0 Å². The first-order valence-electron chi connectivity index (χ1n) is 7.43. The zero-order valence-corrected chi connectivity index (χ0v) is 12.1. The first-order chi connectivity index (χ1) is 9.16. The summed E-state index contributed by atoms with van der Waals surface area (Å²) in [5.74, 6) is -0.0878. The Bertz CT molecular complexity index is 396. The second-order valence-corrected chi connectivity index (χ2v) is 5.72. The number of anilines is 1. The SMILES string of the molecule is CC(C)NCc1ccc(F)c(N2CCCCCC2)c1. The molecule has 0 amide bonds. The first-order valence-corrected chi connectivity index (χ1v) is 7.43. The van der Waals surface area contributed by atoms with E-state index in [-0.39, 0.29) is 5.82 Å². The molecule has 1 aliphatic heterocycles. The Morgan fingerprint density at radius 3 is 2.47 bits per heavy atom. The molecule has 2 rings (SSSR count). The van der Waals surface area contributed by atoms with Crippen molar-refractivity contribution in [2.24, 2.45) is 0 Å². The number of nitrogens with zero attached hydrogens (tertiary/aromatic N) is 1. The van der Waals surface area contributed by atoms with E-state index < -0.39 is 0 Å². The smallest absolute Gasteiger partial charge is 0.146 e. The minimum atomic E-state index is -0.0878. The summed E-state index contributed by atoms with van der Waals surface area (Å²) in [6, 6.07) is 5.95. The minimum Gasteiger partial charge on any atom is -0.369 e. The molecule has 106 valence electrons. The Kier molecular flexibility index (Phi) is 5.20. The number of halogens is 1. The van der Waals surface area contributed by atoms with Gasteiger partial charge < -0.3 is 10.2 Å². The molecule has 1 N–H and O–H groups in total. The van der Waals surface area contributed by atoms with E-state index in [1.54, 1.807) is 6.07 Å². The lowest BCUT2D eigenvalue weighted by molar-refractivity contribution is 0.585. The number of nitrogens with one attached hydrogen (secondary N) is 1. The van der Waals surface area contributed by atoms with Gasteiger partial charge in [-0.25, -0.2) is 4.39 Å². The van der Waals surface area contributed by atoms with Crippen LogP contribution in [0.25, 0.3) is 0 Å². The Morgan fingerprint density at radius 2 is 1.84 bits per heavy atom. The highest BCUT2D eigenvalue weighted by Crippen LogP contribution is 2.24. The molecule has 0 aliphatic carbocycles. The second kappa shape index (κ2) is 6.90. The van der Waals surface area contributed by atoms with Gasteiger partial charge in [0.05, 0.1) is 5.69 Å². The molecular formula is C16H25FN2. The van der Waals surface area contributed by atoms with Crippen LogP contribution >= 0.6 is 0 Å². The molecule has 1 aromatic carbocycles. The molecule has 0 unspecified atom stereocenters. The molecule has 3 heteroatoms. The predicted octanol–water partition coefficient (Wildman–Crippen LogP) is 3.70. The molecule has 2 nitrogen and oxygen atoms in total. The van der Waals surface area contributed by atoms with E-state index >= 15 is 0 Å². The number of hydrogen-bond donors (Lipinski definition) is 1. The van der Waals surface area contributed by atoms with Crippen LogP contribution in [0.5, 0.6) is 0 Å². The highest BCUT2D eigenvalue weighted by Gasteiger charge is 2.14. The van der Waals surface area contributed by atoms with E-state index in [1.807, 2.05) is 12.1 Å². The van der Waals surface area contributed by atoms with Crippen LogP contribution in [0.15, 0.2) is 18.2 Å². The largest absolute Gasteiger partial charge is 0.369 e. The fourth-order valence-electron chi connectivity index (χ4n) is 2.54. The van der Waals surface area contributed by atoms with Gasteiger partial charge in [0.15, 0.2) is 0 Å². The molecule has 0 bridgehead atoms. The summed E-state index contributed by atoms with van der Waals surface area (Å²) in [6.07, 6.45) is 4.89. The standard InChI is InChI=1S/C16H25FN2/c1-13(2)18-12-14-7-8-15(17)16(11-14)19-9-5-3-4-6-10-19/h7-8,11,13,18H,3-6,9-10,12H2,1-2H3. The average molecular weight is 264 g/mol. The summed E-state index contributed by atoms with van der Waals surface area (Å²) in [5.41, 5.74) is 1.94. The summed E-state index contributed by atoms with van der Waals surface area (Å²) >= 11 is 0. The third-order valence-electron chi connectivity index (χ3n) is 3.67. The molecular weight excluding hydrogens is 239 g/mol. The van der Waals surface area contributed by atoms with Crippen LogP contribution in [0.2, 0.25) is 0 Å². The zero-order chi connectivity index (χ0) is 13.7. The van der Waals surface area contributed by atoms with Gasteiger partial charge in [-0.15, -0.1) is 0 Å². The molecule has 0 atom stereocenters. The molecule has 19 heavy (non-hydrogen) atoms. The lowest BCUT2D eigenvalue weighted by Crippen LogP contribution is -2.26. The lowest BCUT2D eigenvalue weighted by atomic mass is 10.1. The summed E-state index contributed by atoms with van der Waals surface area (Å²) in [4.78, 5) is 2.21. The van der Waals surface area contributed by atoms with Crippen LogP contribution < -0.4 is 10.2 Å². The number of hydrogen-bond acceptors (Lipinski definition) is 2. The van der Waals surface area contributed by atoms with Crippen LogP contribution in [0, 0.1) is 5.82 Å². The van der Waals surface area contributed by atoms with Crippen molar-refractivity contribution in [3.05, 3.63) is 29.6 Å². The molecule has 0 radical (unpaired) electrons. The monoisotopic (exact) mass is 264 g/mol. The quantitative estimate of drug-likeness (QED) is 0.892. The van der Waals surface area contributed by atoms with Gasteiger partial charge in [0.2, 0.25) is 0 Å². The highest BCUT2D eigenvalue weighted by molar-refractivity contribution is 5.50. The zero-order valence-electron chi connectivity index (χ0n) is 12.1. The molecule has 1 aliphatic rings. The average Bonchev–Trinajstić information content (AvgIpc) is 2.66. The topological polar surface area (TPSA) is 15.3 Å². The van der Waals surface area contributed by atoms with Gasteiger partial charge in [0.25, 0.3) is 0 Å². The maximum atomic E-state index is 14.0. The molecule has 0 saturated carbocycles. The minimum absolute atomic E-state index is 0.0878. The Labute approximate surface area is 116 Å². The van der Waals surface area contributed by atoms with Crippen molar-refractivity contribution in [3.8, 4) is 0 Å². The van der Waals surface area contributed by atoms with Gasteiger partial charge in [-0.1, -0.05) is 32.8 Å². The second-order valence-electron chi connectivity index (χ2n) is 5.72. The van der Waals surface area contributed by atoms with Crippen LogP contribution in [0.3, 0.4) is 0 Å². The van der Waals surface area contributed by atoms with Crippen molar-refractivity contribution in [3.63, 3.8) is 0 Å². The van der Waals surface area contributed by atoms with E-state index in [9.17, 15) is 4.39 Å². The summed E-state index contributed by atoms with van der Waals surface area (Å²) < 4.78 is 14.0. The number of benzene rings is 1. The van der Waals surface area contributed by atoms with Crippen molar-refractivity contribution in [2.45, 2.75) is 52.1 Å². The van der Waals surface area contributed by atoms with Gasteiger partial charge in [-0.05, 0) is 30.5 Å². The summed E-state index contributed by atoms with van der Waals surface area (Å²) in [7, 11) is 0.